The number of carbonyl (C=O) groups is 1. The molecule has 0 radical (unpaired) electrons. The summed E-state index contributed by atoms with van der Waals surface area (Å²) in [4.78, 5) is 14.0. The number of amides is 1. The van der Waals surface area contributed by atoms with E-state index in [4.69, 9.17) is 0 Å². The SMILES string of the molecule is C/C(=N\NC=S)C(=O)N1CCN(N2CCCC2)CC1. The quantitative estimate of drug-likeness (QED) is 0.449. The number of hydrazine groups is 1. The van der Waals surface area contributed by atoms with Gasteiger partial charge in [-0.3, -0.25) is 10.2 Å². The predicted molar refractivity (Wildman–Crippen MR) is 78.9 cm³/mol. The van der Waals surface area contributed by atoms with Gasteiger partial charge in [0.1, 0.15) is 5.71 Å². The second-order valence-electron chi connectivity index (χ2n) is 4.85. The number of hydrogen-bond donors (Lipinski definition) is 1. The molecule has 2 aliphatic heterocycles. The fraction of sp³-hybridized carbons (Fsp3) is 0.750. The van der Waals surface area contributed by atoms with Gasteiger partial charge in [0.05, 0.1) is 5.49 Å². The van der Waals surface area contributed by atoms with Gasteiger partial charge in [0.2, 0.25) is 0 Å². The average molecular weight is 283 g/mol. The summed E-state index contributed by atoms with van der Waals surface area (Å²) < 4.78 is 0. The third-order valence-corrected chi connectivity index (χ3v) is 3.73. The van der Waals surface area contributed by atoms with Crippen molar-refractivity contribution in [3.63, 3.8) is 0 Å². The highest BCUT2D eigenvalue weighted by Crippen LogP contribution is 2.13. The molecule has 0 aromatic rings. The van der Waals surface area contributed by atoms with Crippen LogP contribution in [0.25, 0.3) is 0 Å². The molecule has 1 N–H and O–H groups in total. The maximum atomic E-state index is 12.1. The normalized spacial score (nSPS) is 22.6. The second kappa shape index (κ2) is 6.93. The van der Waals surface area contributed by atoms with Crippen LogP contribution in [-0.2, 0) is 4.79 Å². The first-order valence-corrected chi connectivity index (χ1v) is 7.22. The number of rotatable bonds is 4. The molecular formula is C12H21N5OS. The fourth-order valence-corrected chi connectivity index (χ4v) is 2.62. The molecule has 0 saturated carbocycles. The molecule has 0 unspecified atom stereocenters. The molecule has 7 heteroatoms. The Morgan fingerprint density at radius 3 is 2.26 bits per heavy atom. The Morgan fingerprint density at radius 2 is 1.68 bits per heavy atom. The number of piperazine rings is 1. The maximum absolute atomic E-state index is 12.1. The summed E-state index contributed by atoms with van der Waals surface area (Å²) in [7, 11) is 0. The van der Waals surface area contributed by atoms with Gasteiger partial charge in [0.25, 0.3) is 5.91 Å². The van der Waals surface area contributed by atoms with Crippen molar-refractivity contribution < 1.29 is 4.79 Å². The van der Waals surface area contributed by atoms with Crippen molar-refractivity contribution in [3.05, 3.63) is 0 Å². The number of carbonyl (C=O) groups excluding carboxylic acids is 1. The third kappa shape index (κ3) is 3.71. The Labute approximate surface area is 119 Å². The Balaban J connectivity index is 1.82. The van der Waals surface area contributed by atoms with Gasteiger partial charge in [-0.25, -0.2) is 10.0 Å². The molecule has 2 rings (SSSR count). The molecule has 1 amide bonds. The lowest BCUT2D eigenvalue weighted by Gasteiger charge is -2.39. The summed E-state index contributed by atoms with van der Waals surface area (Å²) in [5.74, 6) is -0.00887. The number of hydrazone groups is 1. The van der Waals surface area contributed by atoms with Crippen LogP contribution < -0.4 is 5.43 Å². The lowest BCUT2D eigenvalue weighted by molar-refractivity contribution is -0.129. The van der Waals surface area contributed by atoms with E-state index in [0.717, 1.165) is 39.3 Å². The summed E-state index contributed by atoms with van der Waals surface area (Å²) in [6.07, 6.45) is 2.57. The molecule has 2 aliphatic rings. The van der Waals surface area contributed by atoms with E-state index < -0.39 is 0 Å². The smallest absolute Gasteiger partial charge is 0.269 e. The van der Waals surface area contributed by atoms with Crippen molar-refractivity contribution in [2.45, 2.75) is 19.8 Å². The van der Waals surface area contributed by atoms with E-state index in [1.54, 1.807) is 6.92 Å². The number of nitrogens with one attached hydrogen (secondary N) is 1. The van der Waals surface area contributed by atoms with Crippen molar-refractivity contribution >= 4 is 29.3 Å². The molecule has 0 bridgehead atoms. The highest BCUT2D eigenvalue weighted by Gasteiger charge is 2.27. The van der Waals surface area contributed by atoms with Crippen LogP contribution in [-0.4, -0.2) is 71.3 Å². The molecule has 6 nitrogen and oxygen atoms in total. The topological polar surface area (TPSA) is 51.2 Å². The Hall–Kier alpha value is -1.05. The van der Waals surface area contributed by atoms with Crippen molar-refractivity contribution in [1.29, 1.82) is 0 Å². The zero-order valence-corrected chi connectivity index (χ0v) is 12.2. The van der Waals surface area contributed by atoms with Crippen LogP contribution >= 0.6 is 12.2 Å². The fourth-order valence-electron chi connectivity index (χ4n) is 2.56. The molecule has 19 heavy (non-hydrogen) atoms. The summed E-state index contributed by atoms with van der Waals surface area (Å²) in [5.41, 5.74) is 4.28. The predicted octanol–water partition coefficient (Wildman–Crippen LogP) is 0.0641. The first-order valence-electron chi connectivity index (χ1n) is 6.75. The van der Waals surface area contributed by atoms with E-state index in [0.29, 0.717) is 5.71 Å². The van der Waals surface area contributed by atoms with E-state index >= 15 is 0 Å². The number of nitrogens with zero attached hydrogens (tertiary/aromatic N) is 4. The monoisotopic (exact) mass is 283 g/mol. The van der Waals surface area contributed by atoms with Crippen molar-refractivity contribution in [1.82, 2.24) is 20.3 Å². The van der Waals surface area contributed by atoms with Crippen molar-refractivity contribution in [2.24, 2.45) is 5.10 Å². The minimum absolute atomic E-state index is 0.00887. The molecule has 2 heterocycles. The van der Waals surface area contributed by atoms with Crippen molar-refractivity contribution in [2.75, 3.05) is 39.3 Å². The summed E-state index contributed by atoms with van der Waals surface area (Å²) in [6.45, 7) is 7.39. The zero-order chi connectivity index (χ0) is 13.7. The first kappa shape index (κ1) is 14.4. The highest BCUT2D eigenvalue weighted by molar-refractivity contribution is 7.78. The van der Waals surface area contributed by atoms with Gasteiger partial charge in [-0.1, -0.05) is 12.2 Å². The Morgan fingerprint density at radius 1 is 1.11 bits per heavy atom. The molecule has 2 fully saturated rings. The molecule has 2 saturated heterocycles. The summed E-state index contributed by atoms with van der Waals surface area (Å²) >= 11 is 4.61. The van der Waals surface area contributed by atoms with Gasteiger partial charge < -0.3 is 4.90 Å². The molecule has 0 aromatic heterocycles. The van der Waals surface area contributed by atoms with Crippen LogP contribution in [0.4, 0.5) is 0 Å². The van der Waals surface area contributed by atoms with Gasteiger partial charge in [0.15, 0.2) is 0 Å². The first-order chi connectivity index (χ1) is 9.22. The standard InChI is InChI=1S/C12H21N5OS/c1-11(14-13-10-19)12(18)15-6-8-17(9-7-15)16-4-2-3-5-16/h10H,2-9H2,1H3,(H,13,19)/b14-11+. The minimum Gasteiger partial charge on any atom is -0.335 e. The lowest BCUT2D eigenvalue weighted by atomic mass is 10.3. The van der Waals surface area contributed by atoms with E-state index in [-0.39, 0.29) is 5.91 Å². The molecule has 0 atom stereocenters. The van der Waals surface area contributed by atoms with Crippen LogP contribution in [0.2, 0.25) is 0 Å². The Kier molecular flexibility index (Phi) is 5.24. The molecule has 106 valence electrons. The highest BCUT2D eigenvalue weighted by atomic mass is 32.1. The number of thiocarbonyl (C=S) groups is 1. The minimum atomic E-state index is -0.00887. The largest absolute Gasteiger partial charge is 0.335 e. The summed E-state index contributed by atoms with van der Waals surface area (Å²) in [5, 5.41) is 8.69. The Bertz CT molecular complexity index is 359. The van der Waals surface area contributed by atoms with E-state index in [1.807, 2.05) is 4.90 Å². The van der Waals surface area contributed by atoms with Crippen LogP contribution in [0, 0.1) is 0 Å². The van der Waals surface area contributed by atoms with E-state index in [1.165, 1.54) is 18.3 Å². The number of hydrogen-bond acceptors (Lipinski definition) is 5. The third-order valence-electron chi connectivity index (χ3n) is 3.62. The van der Waals surface area contributed by atoms with Crippen LogP contribution in [0.15, 0.2) is 5.10 Å². The molecule has 0 aliphatic carbocycles. The van der Waals surface area contributed by atoms with E-state index in [2.05, 4.69) is 32.8 Å². The van der Waals surface area contributed by atoms with Crippen LogP contribution in [0.3, 0.4) is 0 Å². The van der Waals surface area contributed by atoms with Gasteiger partial charge in [-0.15, -0.1) is 0 Å². The zero-order valence-electron chi connectivity index (χ0n) is 11.3. The lowest BCUT2D eigenvalue weighted by Crippen LogP contribution is -2.55. The molecule has 0 spiro atoms. The van der Waals surface area contributed by atoms with Crippen LogP contribution in [0.1, 0.15) is 19.8 Å². The maximum Gasteiger partial charge on any atom is 0.269 e. The van der Waals surface area contributed by atoms with Gasteiger partial charge in [-0.2, -0.15) is 5.10 Å². The molecule has 0 aromatic carbocycles. The van der Waals surface area contributed by atoms with Gasteiger partial charge in [0, 0.05) is 39.3 Å². The van der Waals surface area contributed by atoms with Crippen LogP contribution in [0.5, 0.6) is 0 Å². The van der Waals surface area contributed by atoms with Crippen molar-refractivity contribution in [3.8, 4) is 0 Å². The summed E-state index contributed by atoms with van der Waals surface area (Å²) in [6, 6.07) is 0. The second-order valence-corrected chi connectivity index (χ2v) is 5.09. The van der Waals surface area contributed by atoms with E-state index in [9.17, 15) is 4.79 Å². The van der Waals surface area contributed by atoms with Gasteiger partial charge >= 0.3 is 0 Å². The average Bonchev–Trinajstić information content (AvgIpc) is 2.98. The van der Waals surface area contributed by atoms with Gasteiger partial charge in [-0.05, 0) is 19.8 Å². The molecular weight excluding hydrogens is 262 g/mol.